The Morgan fingerprint density at radius 1 is 0.860 bits per heavy atom. The summed E-state index contributed by atoms with van der Waals surface area (Å²) in [6, 6.07) is 28.0. The minimum Gasteiger partial charge on any atom is -0.487 e. The molecular weight excluding hydrogens is 538 g/mol. The van der Waals surface area contributed by atoms with Crippen LogP contribution in [0.1, 0.15) is 48.7 Å². The van der Waals surface area contributed by atoms with Crippen molar-refractivity contribution in [3.63, 3.8) is 0 Å². The average Bonchev–Trinajstić information content (AvgIpc) is 3.41. The molecule has 6 aromatic rings. The van der Waals surface area contributed by atoms with Gasteiger partial charge in [-0.2, -0.15) is 0 Å². The van der Waals surface area contributed by atoms with E-state index in [1.54, 1.807) is 18.5 Å². The molecule has 1 aliphatic carbocycles. The van der Waals surface area contributed by atoms with Gasteiger partial charge in [0.05, 0.1) is 28.2 Å². The van der Waals surface area contributed by atoms with Gasteiger partial charge in [0.25, 0.3) is 0 Å². The van der Waals surface area contributed by atoms with Gasteiger partial charge in [-0.1, -0.05) is 61.4 Å². The zero-order valence-corrected chi connectivity index (χ0v) is 23.6. The lowest BCUT2D eigenvalue weighted by molar-refractivity contribution is -0.143. The molecule has 0 radical (unpaired) electrons. The quantitative estimate of drug-likeness (QED) is 0.210. The lowest BCUT2D eigenvalue weighted by Gasteiger charge is -2.28. The van der Waals surface area contributed by atoms with Gasteiger partial charge < -0.3 is 14.4 Å². The predicted octanol–water partition coefficient (Wildman–Crippen LogP) is 7.03. The monoisotopic (exact) mass is 569 g/mol. The smallest absolute Gasteiger partial charge is 0.307 e. The lowest BCUT2D eigenvalue weighted by Crippen LogP contribution is -2.27. The Morgan fingerprint density at radius 3 is 2.51 bits per heavy atom. The van der Waals surface area contributed by atoms with Crippen LogP contribution < -0.4 is 4.74 Å². The Kier molecular flexibility index (Phi) is 7.25. The van der Waals surface area contributed by atoms with Crippen LogP contribution in [0, 0.1) is 5.92 Å². The third kappa shape index (κ3) is 5.56. The van der Waals surface area contributed by atoms with Gasteiger partial charge in [0.1, 0.15) is 18.2 Å². The number of benzene rings is 3. The molecule has 1 N–H and O–H groups in total. The van der Waals surface area contributed by atoms with Gasteiger partial charge in [-0.05, 0) is 48.7 Å². The van der Waals surface area contributed by atoms with Crippen LogP contribution in [0.15, 0.2) is 97.3 Å². The average molecular weight is 570 g/mol. The van der Waals surface area contributed by atoms with E-state index in [9.17, 15) is 9.90 Å². The summed E-state index contributed by atoms with van der Waals surface area (Å²) in [4.78, 5) is 30.8. The van der Waals surface area contributed by atoms with Gasteiger partial charge >= 0.3 is 5.97 Å². The highest BCUT2D eigenvalue weighted by Crippen LogP contribution is 2.39. The molecule has 3 heterocycles. The number of ether oxygens (including phenoxy) is 1. The van der Waals surface area contributed by atoms with Crippen molar-refractivity contribution in [3.8, 4) is 17.1 Å². The van der Waals surface area contributed by atoms with Crippen molar-refractivity contribution in [2.45, 2.75) is 44.8 Å². The van der Waals surface area contributed by atoms with E-state index in [0.29, 0.717) is 31.1 Å². The molecule has 0 aliphatic heterocycles. The fourth-order valence-corrected chi connectivity index (χ4v) is 6.14. The lowest BCUT2D eigenvalue weighted by atomic mass is 9.78. The number of hydrogen-bond donors (Lipinski definition) is 1. The van der Waals surface area contributed by atoms with E-state index in [-0.39, 0.29) is 5.92 Å². The first-order valence-electron chi connectivity index (χ1n) is 14.7. The minimum absolute atomic E-state index is 0.151. The zero-order valence-electron chi connectivity index (χ0n) is 23.6. The molecule has 2 unspecified atom stereocenters. The molecule has 43 heavy (non-hydrogen) atoms. The van der Waals surface area contributed by atoms with Gasteiger partial charge in [-0.15, -0.1) is 0 Å². The molecule has 2 atom stereocenters. The van der Waals surface area contributed by atoms with Crippen molar-refractivity contribution < 1.29 is 14.6 Å². The number of imidazole rings is 1. The summed E-state index contributed by atoms with van der Waals surface area (Å²) >= 11 is 0. The third-order valence-corrected chi connectivity index (χ3v) is 8.33. The predicted molar refractivity (Wildman–Crippen MR) is 165 cm³/mol. The van der Waals surface area contributed by atoms with Crippen LogP contribution >= 0.6 is 0 Å². The van der Waals surface area contributed by atoms with Gasteiger partial charge in [0, 0.05) is 41.9 Å². The van der Waals surface area contributed by atoms with Gasteiger partial charge in [-0.3, -0.25) is 4.79 Å². The van der Waals surface area contributed by atoms with Crippen LogP contribution in [0.4, 0.5) is 0 Å². The largest absolute Gasteiger partial charge is 0.487 e. The highest BCUT2D eigenvalue weighted by atomic mass is 16.5. The standard InChI is InChI=1S/C35H31N5O3/c41-35(42)29-8-3-2-7-28(29)34-39-31-20-27(43-22-26-15-14-24-6-1-4-9-30(24)38-26)16-17-32(31)40(34)21-23-10-12-25(13-11-23)33-36-18-5-19-37-33/h1,4-6,9-20,28-29H,2-3,7-8,21-22H2,(H,41,42). The normalized spacial score (nSPS) is 16.8. The van der Waals surface area contributed by atoms with Gasteiger partial charge in [0.15, 0.2) is 5.82 Å². The fourth-order valence-electron chi connectivity index (χ4n) is 6.14. The van der Waals surface area contributed by atoms with Crippen molar-refractivity contribution in [1.29, 1.82) is 0 Å². The Labute approximate surface area is 249 Å². The highest BCUT2D eigenvalue weighted by molar-refractivity contribution is 5.79. The number of aliphatic carboxylic acids is 1. The van der Waals surface area contributed by atoms with Crippen molar-refractivity contribution in [3.05, 3.63) is 114 Å². The topological polar surface area (TPSA) is 103 Å². The zero-order chi connectivity index (χ0) is 29.2. The molecular formula is C35H31N5O3. The van der Waals surface area contributed by atoms with Crippen LogP contribution in [0.3, 0.4) is 0 Å². The summed E-state index contributed by atoms with van der Waals surface area (Å²) in [5, 5.41) is 11.2. The van der Waals surface area contributed by atoms with E-state index in [2.05, 4.69) is 32.7 Å². The minimum atomic E-state index is -0.748. The number of pyridine rings is 1. The van der Waals surface area contributed by atoms with Crippen LogP contribution in [-0.4, -0.2) is 35.6 Å². The van der Waals surface area contributed by atoms with Crippen LogP contribution in [0.5, 0.6) is 5.75 Å². The molecule has 1 aliphatic rings. The maximum absolute atomic E-state index is 12.3. The number of nitrogens with zero attached hydrogens (tertiary/aromatic N) is 5. The summed E-state index contributed by atoms with van der Waals surface area (Å²) in [5.74, 6) is 0.858. The van der Waals surface area contributed by atoms with Crippen molar-refractivity contribution in [1.82, 2.24) is 24.5 Å². The number of aromatic nitrogens is 5. The molecule has 7 rings (SSSR count). The van der Waals surface area contributed by atoms with Crippen molar-refractivity contribution in [2.24, 2.45) is 5.92 Å². The molecule has 3 aromatic carbocycles. The van der Waals surface area contributed by atoms with E-state index in [1.165, 1.54) is 0 Å². The summed E-state index contributed by atoms with van der Waals surface area (Å²) in [7, 11) is 0. The summed E-state index contributed by atoms with van der Waals surface area (Å²) in [6.45, 7) is 0.914. The number of carboxylic acids is 1. The molecule has 8 nitrogen and oxygen atoms in total. The summed E-state index contributed by atoms with van der Waals surface area (Å²) in [5.41, 5.74) is 5.57. The number of hydrogen-bond acceptors (Lipinski definition) is 6. The van der Waals surface area contributed by atoms with Crippen molar-refractivity contribution in [2.75, 3.05) is 0 Å². The molecule has 3 aromatic heterocycles. The van der Waals surface area contributed by atoms with E-state index in [1.807, 2.05) is 60.7 Å². The van der Waals surface area contributed by atoms with Crippen LogP contribution in [-0.2, 0) is 17.9 Å². The Morgan fingerprint density at radius 2 is 1.67 bits per heavy atom. The summed E-state index contributed by atoms with van der Waals surface area (Å²) in [6.07, 6.45) is 6.87. The van der Waals surface area contributed by atoms with E-state index < -0.39 is 11.9 Å². The number of rotatable bonds is 8. The first-order chi connectivity index (χ1) is 21.1. The molecule has 0 spiro atoms. The van der Waals surface area contributed by atoms with Crippen LogP contribution in [0.2, 0.25) is 0 Å². The number of carbonyl (C=O) groups is 1. The number of carboxylic acid groups (broad SMARTS) is 1. The fraction of sp³-hybridized carbons (Fsp3) is 0.229. The van der Waals surface area contributed by atoms with Gasteiger partial charge in [-0.25, -0.2) is 19.9 Å². The second-order valence-corrected chi connectivity index (χ2v) is 11.1. The SMILES string of the molecule is O=C(O)C1CCCCC1c1nc2cc(OCc3ccc4ccccc4n3)ccc2n1Cc1ccc(-c2ncccn2)cc1. The van der Waals surface area contributed by atoms with Crippen LogP contribution in [0.25, 0.3) is 33.3 Å². The molecule has 214 valence electrons. The molecule has 0 bridgehead atoms. The highest BCUT2D eigenvalue weighted by Gasteiger charge is 2.35. The maximum Gasteiger partial charge on any atom is 0.307 e. The molecule has 8 heteroatoms. The number of fused-ring (bicyclic) bond motifs is 2. The summed E-state index contributed by atoms with van der Waals surface area (Å²) < 4.78 is 8.34. The maximum atomic E-state index is 12.3. The Hall–Kier alpha value is -5.11. The van der Waals surface area contributed by atoms with E-state index in [4.69, 9.17) is 14.7 Å². The van der Waals surface area contributed by atoms with Crippen molar-refractivity contribution >= 4 is 27.9 Å². The third-order valence-electron chi connectivity index (χ3n) is 8.33. The molecule has 1 saturated carbocycles. The first kappa shape index (κ1) is 26.8. The van der Waals surface area contributed by atoms with E-state index in [0.717, 1.165) is 63.8 Å². The molecule has 0 saturated heterocycles. The molecule has 0 amide bonds. The Bertz CT molecular complexity index is 1900. The number of para-hydroxylation sites is 1. The van der Waals surface area contributed by atoms with E-state index >= 15 is 0 Å². The second kappa shape index (κ2) is 11.6. The van der Waals surface area contributed by atoms with Gasteiger partial charge in [0.2, 0.25) is 0 Å². The molecule has 1 fully saturated rings. The first-order valence-corrected chi connectivity index (χ1v) is 14.7. The Balaban J connectivity index is 1.20. The second-order valence-electron chi connectivity index (χ2n) is 11.1.